The highest BCUT2D eigenvalue weighted by Crippen LogP contribution is 2.13. The quantitative estimate of drug-likeness (QED) is 0.809. The van der Waals surface area contributed by atoms with Crippen molar-refractivity contribution in [3.8, 4) is 0 Å². The molecule has 0 aromatic heterocycles. The summed E-state index contributed by atoms with van der Waals surface area (Å²) < 4.78 is 0. The van der Waals surface area contributed by atoms with Crippen LogP contribution in [0.25, 0.3) is 0 Å². The first-order valence-corrected chi connectivity index (χ1v) is 4.93. The second-order valence-corrected chi connectivity index (χ2v) is 3.55. The third kappa shape index (κ3) is 3.54. The molecule has 0 aliphatic carbocycles. The molecule has 80 valence electrons. The van der Waals surface area contributed by atoms with Gasteiger partial charge in [-0.2, -0.15) is 0 Å². The molecular weight excluding hydrogens is 190 g/mol. The summed E-state index contributed by atoms with van der Waals surface area (Å²) >= 11 is 0. The van der Waals surface area contributed by atoms with Gasteiger partial charge in [-0.15, -0.1) is 0 Å². The first-order valence-electron chi connectivity index (χ1n) is 4.93. The van der Waals surface area contributed by atoms with E-state index in [0.717, 1.165) is 5.56 Å². The number of carbonyl (C=O) groups is 2. The van der Waals surface area contributed by atoms with Crippen molar-refractivity contribution < 1.29 is 9.59 Å². The predicted octanol–water partition coefficient (Wildman–Crippen LogP) is 1.50. The van der Waals surface area contributed by atoms with E-state index in [4.69, 9.17) is 0 Å². The van der Waals surface area contributed by atoms with E-state index >= 15 is 0 Å². The van der Waals surface area contributed by atoms with Gasteiger partial charge in [-0.1, -0.05) is 30.3 Å². The molecule has 1 aromatic carbocycles. The van der Waals surface area contributed by atoms with Crippen molar-refractivity contribution >= 4 is 11.7 Å². The van der Waals surface area contributed by atoms with Gasteiger partial charge in [0, 0.05) is 0 Å². The SMILES string of the molecule is CC(=O)CNC(=O)C(C)c1ccccc1. The molecule has 1 rings (SSSR count). The molecule has 0 aliphatic rings. The van der Waals surface area contributed by atoms with Crippen molar-refractivity contribution in [1.29, 1.82) is 0 Å². The van der Waals surface area contributed by atoms with Crippen LogP contribution in [-0.4, -0.2) is 18.2 Å². The van der Waals surface area contributed by atoms with Crippen molar-refractivity contribution in [3.05, 3.63) is 35.9 Å². The third-order valence-electron chi connectivity index (χ3n) is 2.20. The predicted molar refractivity (Wildman–Crippen MR) is 58.5 cm³/mol. The van der Waals surface area contributed by atoms with E-state index in [1.54, 1.807) is 0 Å². The Kier molecular flexibility index (Phi) is 4.03. The highest BCUT2D eigenvalue weighted by atomic mass is 16.2. The van der Waals surface area contributed by atoms with Crippen LogP contribution in [0.3, 0.4) is 0 Å². The summed E-state index contributed by atoms with van der Waals surface area (Å²) in [6, 6.07) is 9.49. The molecule has 1 amide bonds. The molecule has 3 heteroatoms. The van der Waals surface area contributed by atoms with Gasteiger partial charge in [0.25, 0.3) is 0 Å². The summed E-state index contributed by atoms with van der Waals surface area (Å²) in [4.78, 5) is 22.3. The summed E-state index contributed by atoms with van der Waals surface area (Å²) in [5.74, 6) is -0.370. The Morgan fingerprint density at radius 3 is 2.40 bits per heavy atom. The molecule has 0 saturated carbocycles. The minimum Gasteiger partial charge on any atom is -0.349 e. The lowest BCUT2D eigenvalue weighted by molar-refractivity contribution is -0.125. The maximum absolute atomic E-state index is 11.6. The number of ketones is 1. The molecule has 3 nitrogen and oxygen atoms in total. The molecule has 0 saturated heterocycles. The van der Waals surface area contributed by atoms with Crippen molar-refractivity contribution in [3.63, 3.8) is 0 Å². The maximum atomic E-state index is 11.6. The van der Waals surface area contributed by atoms with Crippen LogP contribution in [0.4, 0.5) is 0 Å². The average Bonchev–Trinajstić information content (AvgIpc) is 2.26. The summed E-state index contributed by atoms with van der Waals surface area (Å²) in [5, 5.41) is 2.59. The molecule has 1 N–H and O–H groups in total. The van der Waals surface area contributed by atoms with Crippen LogP contribution < -0.4 is 5.32 Å². The van der Waals surface area contributed by atoms with E-state index in [1.807, 2.05) is 37.3 Å². The Morgan fingerprint density at radius 1 is 1.27 bits per heavy atom. The van der Waals surface area contributed by atoms with Crippen LogP contribution in [0, 0.1) is 0 Å². The first-order chi connectivity index (χ1) is 7.11. The molecule has 1 atom stereocenters. The monoisotopic (exact) mass is 205 g/mol. The van der Waals surface area contributed by atoms with E-state index in [2.05, 4.69) is 5.32 Å². The van der Waals surface area contributed by atoms with Gasteiger partial charge in [-0.25, -0.2) is 0 Å². The molecular formula is C12H15NO2. The topological polar surface area (TPSA) is 46.2 Å². The highest BCUT2D eigenvalue weighted by molar-refractivity contribution is 5.88. The van der Waals surface area contributed by atoms with Gasteiger partial charge in [0.1, 0.15) is 5.78 Å². The Balaban J connectivity index is 2.57. The Bertz CT molecular complexity index is 346. The number of nitrogens with one attached hydrogen (secondary N) is 1. The molecule has 0 radical (unpaired) electrons. The second-order valence-electron chi connectivity index (χ2n) is 3.55. The lowest BCUT2D eigenvalue weighted by Gasteiger charge is -2.11. The van der Waals surface area contributed by atoms with Gasteiger partial charge >= 0.3 is 0 Å². The number of benzene rings is 1. The summed E-state index contributed by atoms with van der Waals surface area (Å²) in [6.45, 7) is 3.38. The summed E-state index contributed by atoms with van der Waals surface area (Å²) in [7, 11) is 0. The number of rotatable bonds is 4. The fourth-order valence-electron chi connectivity index (χ4n) is 1.26. The Labute approximate surface area is 89.5 Å². The van der Waals surface area contributed by atoms with Crippen LogP contribution in [0.2, 0.25) is 0 Å². The molecule has 1 unspecified atom stereocenters. The zero-order valence-corrected chi connectivity index (χ0v) is 8.99. The molecule has 0 fully saturated rings. The van der Waals surface area contributed by atoms with Gasteiger partial charge in [-0.3, -0.25) is 9.59 Å². The summed E-state index contributed by atoms with van der Waals surface area (Å²) in [5.41, 5.74) is 0.957. The van der Waals surface area contributed by atoms with Crippen molar-refractivity contribution in [2.75, 3.05) is 6.54 Å². The van der Waals surface area contributed by atoms with E-state index in [0.29, 0.717) is 0 Å². The molecule has 0 bridgehead atoms. The second kappa shape index (κ2) is 5.29. The van der Waals surface area contributed by atoms with Gasteiger partial charge in [-0.05, 0) is 19.4 Å². The van der Waals surface area contributed by atoms with Gasteiger partial charge in [0.15, 0.2) is 0 Å². The lowest BCUT2D eigenvalue weighted by Crippen LogP contribution is -2.31. The zero-order chi connectivity index (χ0) is 11.3. The van der Waals surface area contributed by atoms with E-state index < -0.39 is 0 Å². The number of carbonyl (C=O) groups excluding carboxylic acids is 2. The standard InChI is InChI=1S/C12H15NO2/c1-9(14)8-13-12(15)10(2)11-6-4-3-5-7-11/h3-7,10H,8H2,1-2H3,(H,13,15). The van der Waals surface area contributed by atoms with Crippen molar-refractivity contribution in [1.82, 2.24) is 5.32 Å². The lowest BCUT2D eigenvalue weighted by atomic mass is 10.0. The number of Topliss-reactive ketones (excluding diaryl/α,β-unsaturated/α-hetero) is 1. The molecule has 0 spiro atoms. The number of hydrogen-bond donors (Lipinski definition) is 1. The van der Waals surface area contributed by atoms with Crippen LogP contribution in [0.1, 0.15) is 25.3 Å². The fourth-order valence-corrected chi connectivity index (χ4v) is 1.26. The number of amides is 1. The maximum Gasteiger partial charge on any atom is 0.227 e. The fraction of sp³-hybridized carbons (Fsp3) is 0.333. The van der Waals surface area contributed by atoms with E-state index in [-0.39, 0.29) is 24.2 Å². The van der Waals surface area contributed by atoms with Crippen LogP contribution in [0.5, 0.6) is 0 Å². The molecule has 15 heavy (non-hydrogen) atoms. The highest BCUT2D eigenvalue weighted by Gasteiger charge is 2.14. The minimum atomic E-state index is -0.217. The minimum absolute atomic E-state index is 0.0383. The van der Waals surface area contributed by atoms with Crippen molar-refractivity contribution in [2.45, 2.75) is 19.8 Å². The zero-order valence-electron chi connectivity index (χ0n) is 8.99. The van der Waals surface area contributed by atoms with Crippen molar-refractivity contribution in [2.24, 2.45) is 0 Å². The van der Waals surface area contributed by atoms with Crippen LogP contribution in [0.15, 0.2) is 30.3 Å². The molecule has 0 aliphatic heterocycles. The largest absolute Gasteiger partial charge is 0.349 e. The van der Waals surface area contributed by atoms with E-state index in [9.17, 15) is 9.59 Å². The Hall–Kier alpha value is -1.64. The Morgan fingerprint density at radius 2 is 1.87 bits per heavy atom. The average molecular weight is 205 g/mol. The normalized spacial score (nSPS) is 11.9. The van der Waals surface area contributed by atoms with Gasteiger partial charge < -0.3 is 5.32 Å². The smallest absolute Gasteiger partial charge is 0.227 e. The first kappa shape index (κ1) is 11.4. The van der Waals surface area contributed by atoms with Gasteiger partial charge in [0.2, 0.25) is 5.91 Å². The summed E-state index contributed by atoms with van der Waals surface area (Å²) in [6.07, 6.45) is 0. The third-order valence-corrected chi connectivity index (χ3v) is 2.20. The van der Waals surface area contributed by atoms with Crippen LogP contribution in [-0.2, 0) is 9.59 Å². The number of hydrogen-bond acceptors (Lipinski definition) is 2. The van der Waals surface area contributed by atoms with Gasteiger partial charge in [0.05, 0.1) is 12.5 Å². The van der Waals surface area contributed by atoms with Crippen LogP contribution >= 0.6 is 0 Å². The molecule has 1 aromatic rings. The molecule has 0 heterocycles. The van der Waals surface area contributed by atoms with E-state index in [1.165, 1.54) is 6.92 Å².